The topological polar surface area (TPSA) is 79.7 Å². The number of hydrogen-bond donors (Lipinski definition) is 1. The molecular weight excluding hydrogens is 496 g/mol. The molecule has 1 N–H and O–H groups in total. The van der Waals surface area contributed by atoms with E-state index in [2.05, 4.69) is 18.8 Å². The van der Waals surface area contributed by atoms with Gasteiger partial charge in [0.1, 0.15) is 11.5 Å². The van der Waals surface area contributed by atoms with Gasteiger partial charge in [-0.3, -0.25) is 14.5 Å². The number of Topliss-reactive ketones (excluding diaryl/α,β-unsaturated/α-hetero) is 1. The molecule has 0 radical (unpaired) electrons. The zero-order chi connectivity index (χ0) is 25.6. The number of ketones is 1. The number of hydrogen-bond acceptors (Lipinski definition) is 6. The number of amides is 1. The third kappa shape index (κ3) is 4.14. The molecule has 0 bridgehead atoms. The predicted octanol–water partition coefficient (Wildman–Crippen LogP) is 6.71. The summed E-state index contributed by atoms with van der Waals surface area (Å²) < 4.78 is 6.07. The van der Waals surface area contributed by atoms with Crippen molar-refractivity contribution in [1.82, 2.24) is 4.98 Å². The summed E-state index contributed by atoms with van der Waals surface area (Å²) in [6.45, 7) is 4.19. The average molecular weight is 519 g/mol. The molecule has 0 saturated carbocycles. The molecule has 1 unspecified atom stereocenters. The number of aromatic nitrogens is 1. The van der Waals surface area contributed by atoms with Crippen molar-refractivity contribution in [3.8, 4) is 5.75 Å². The Morgan fingerprint density at radius 3 is 2.53 bits per heavy atom. The van der Waals surface area contributed by atoms with Gasteiger partial charge in [0.05, 0.1) is 28.9 Å². The van der Waals surface area contributed by atoms with Gasteiger partial charge in [0.2, 0.25) is 0 Å². The van der Waals surface area contributed by atoms with Crippen LogP contribution in [-0.4, -0.2) is 28.9 Å². The Labute approximate surface area is 217 Å². The van der Waals surface area contributed by atoms with E-state index >= 15 is 0 Å². The van der Waals surface area contributed by atoms with Gasteiger partial charge in [-0.05, 0) is 47.4 Å². The van der Waals surface area contributed by atoms with E-state index in [0.717, 1.165) is 10.3 Å². The number of methoxy groups -OCH3 is 1. The first-order chi connectivity index (χ1) is 17.3. The highest BCUT2D eigenvalue weighted by molar-refractivity contribution is 7.22. The Morgan fingerprint density at radius 1 is 1.08 bits per heavy atom. The van der Waals surface area contributed by atoms with Gasteiger partial charge in [-0.2, -0.15) is 0 Å². The Morgan fingerprint density at radius 2 is 1.83 bits per heavy atom. The molecule has 1 fully saturated rings. The molecule has 1 aliphatic rings. The van der Waals surface area contributed by atoms with Gasteiger partial charge in [0, 0.05) is 10.6 Å². The van der Waals surface area contributed by atoms with Gasteiger partial charge in [0.15, 0.2) is 5.13 Å². The van der Waals surface area contributed by atoms with Crippen LogP contribution < -0.4 is 9.64 Å². The van der Waals surface area contributed by atoms with E-state index in [1.54, 1.807) is 42.5 Å². The van der Waals surface area contributed by atoms with Crippen LogP contribution in [-0.2, 0) is 9.59 Å². The summed E-state index contributed by atoms with van der Waals surface area (Å²) >= 11 is 7.42. The molecule has 1 aliphatic heterocycles. The lowest BCUT2D eigenvalue weighted by atomic mass is 9.93. The summed E-state index contributed by atoms with van der Waals surface area (Å²) in [5.41, 5.74) is 2.87. The second kappa shape index (κ2) is 9.41. The van der Waals surface area contributed by atoms with Crippen LogP contribution in [0.25, 0.3) is 16.0 Å². The van der Waals surface area contributed by atoms with E-state index in [0.29, 0.717) is 38.5 Å². The number of carbonyl (C=O) groups is 2. The molecule has 1 atom stereocenters. The minimum absolute atomic E-state index is 0.00263. The number of rotatable bonds is 5. The van der Waals surface area contributed by atoms with Crippen LogP contribution in [0.1, 0.15) is 42.5 Å². The summed E-state index contributed by atoms with van der Waals surface area (Å²) in [5, 5.41) is 12.2. The summed E-state index contributed by atoms with van der Waals surface area (Å²) in [7, 11) is 1.52. The second-order valence-electron chi connectivity index (χ2n) is 8.83. The summed E-state index contributed by atoms with van der Waals surface area (Å²) in [6.07, 6.45) is 0. The fourth-order valence-electron chi connectivity index (χ4n) is 4.32. The normalized spacial score (nSPS) is 17.4. The number of nitrogens with zero attached hydrogens (tertiary/aromatic N) is 2. The highest BCUT2D eigenvalue weighted by Crippen LogP contribution is 2.44. The summed E-state index contributed by atoms with van der Waals surface area (Å²) in [6, 6.07) is 18.9. The van der Waals surface area contributed by atoms with E-state index in [9.17, 15) is 14.7 Å². The lowest BCUT2D eigenvalue weighted by Crippen LogP contribution is -2.29. The van der Waals surface area contributed by atoms with Crippen molar-refractivity contribution < 1.29 is 19.4 Å². The monoisotopic (exact) mass is 518 g/mol. The van der Waals surface area contributed by atoms with Crippen LogP contribution in [0.4, 0.5) is 5.13 Å². The molecule has 5 rings (SSSR count). The van der Waals surface area contributed by atoms with Crippen molar-refractivity contribution in [2.75, 3.05) is 12.0 Å². The van der Waals surface area contributed by atoms with Crippen molar-refractivity contribution in [2.45, 2.75) is 25.8 Å². The van der Waals surface area contributed by atoms with E-state index in [1.807, 2.05) is 24.3 Å². The number of fused-ring (bicyclic) bond motifs is 1. The Balaban J connectivity index is 1.72. The first-order valence-electron chi connectivity index (χ1n) is 11.4. The van der Waals surface area contributed by atoms with Crippen molar-refractivity contribution in [3.05, 3.63) is 94.0 Å². The standard InChI is InChI=1S/C28H23ClN2O4S/c1-15(2)16-7-9-17(10-8-16)24-23(25(32)18-5-4-6-20(13-18)35-3)26(33)27(34)31(24)28-30-21-12-11-19(29)14-22(21)36-28/h4-15,24,32H,1-3H3. The van der Waals surface area contributed by atoms with E-state index < -0.39 is 17.7 Å². The van der Waals surface area contributed by atoms with Gasteiger partial charge in [-0.25, -0.2) is 4.98 Å². The molecule has 182 valence electrons. The summed E-state index contributed by atoms with van der Waals surface area (Å²) in [5.74, 6) is -0.949. The SMILES string of the molecule is COc1cccc(C(O)=C2C(=O)C(=O)N(c3nc4ccc(Cl)cc4s3)C2c2ccc(C(C)C)cc2)c1. The van der Waals surface area contributed by atoms with Crippen LogP contribution in [0.2, 0.25) is 5.02 Å². The molecular formula is C28H23ClN2O4S. The molecule has 8 heteroatoms. The lowest BCUT2D eigenvalue weighted by Gasteiger charge is -2.23. The number of thiazole rings is 1. The molecule has 4 aromatic rings. The molecule has 1 saturated heterocycles. The number of aliphatic hydroxyl groups is 1. The average Bonchev–Trinajstić information content (AvgIpc) is 3.41. The van der Waals surface area contributed by atoms with Gasteiger partial charge in [-0.15, -0.1) is 0 Å². The predicted molar refractivity (Wildman–Crippen MR) is 143 cm³/mol. The number of anilines is 1. The molecule has 3 aromatic carbocycles. The van der Waals surface area contributed by atoms with Gasteiger partial charge in [-0.1, -0.05) is 73.2 Å². The smallest absolute Gasteiger partial charge is 0.301 e. The Kier molecular flexibility index (Phi) is 6.28. The van der Waals surface area contributed by atoms with Gasteiger partial charge in [0.25, 0.3) is 5.78 Å². The minimum Gasteiger partial charge on any atom is -0.507 e. The van der Waals surface area contributed by atoms with Crippen LogP contribution in [0.15, 0.2) is 72.3 Å². The Hall–Kier alpha value is -3.68. The van der Waals surface area contributed by atoms with Gasteiger partial charge < -0.3 is 9.84 Å². The third-order valence-corrected chi connectivity index (χ3v) is 7.50. The molecule has 0 aliphatic carbocycles. The fraction of sp³-hybridized carbons (Fsp3) is 0.179. The number of halogens is 1. The number of aliphatic hydroxyl groups excluding tert-OH is 1. The zero-order valence-corrected chi connectivity index (χ0v) is 21.4. The Bertz CT molecular complexity index is 1520. The first-order valence-corrected chi connectivity index (χ1v) is 12.6. The highest BCUT2D eigenvalue weighted by atomic mass is 35.5. The molecule has 1 aromatic heterocycles. The molecule has 1 amide bonds. The highest BCUT2D eigenvalue weighted by Gasteiger charge is 2.48. The number of carbonyl (C=O) groups excluding carboxylic acids is 2. The van der Waals surface area contributed by atoms with Crippen LogP contribution in [0.3, 0.4) is 0 Å². The molecule has 6 nitrogen and oxygen atoms in total. The van der Waals surface area contributed by atoms with Crippen LogP contribution in [0.5, 0.6) is 5.75 Å². The van der Waals surface area contributed by atoms with Crippen molar-refractivity contribution >= 4 is 55.7 Å². The number of benzene rings is 3. The molecule has 36 heavy (non-hydrogen) atoms. The second-order valence-corrected chi connectivity index (χ2v) is 10.3. The van der Waals surface area contributed by atoms with Crippen LogP contribution in [0, 0.1) is 0 Å². The minimum atomic E-state index is -0.853. The van der Waals surface area contributed by atoms with Crippen molar-refractivity contribution in [2.24, 2.45) is 0 Å². The largest absolute Gasteiger partial charge is 0.507 e. The third-order valence-electron chi connectivity index (χ3n) is 6.25. The van der Waals surface area contributed by atoms with Gasteiger partial charge >= 0.3 is 5.91 Å². The molecule has 0 spiro atoms. The van der Waals surface area contributed by atoms with Crippen LogP contribution >= 0.6 is 22.9 Å². The molecule has 2 heterocycles. The fourth-order valence-corrected chi connectivity index (χ4v) is 5.59. The zero-order valence-electron chi connectivity index (χ0n) is 19.9. The van der Waals surface area contributed by atoms with E-state index in [1.165, 1.54) is 23.3 Å². The summed E-state index contributed by atoms with van der Waals surface area (Å²) in [4.78, 5) is 32.8. The number of ether oxygens (including phenoxy) is 1. The maximum Gasteiger partial charge on any atom is 0.301 e. The van der Waals surface area contributed by atoms with E-state index in [-0.39, 0.29) is 11.3 Å². The van der Waals surface area contributed by atoms with Crippen molar-refractivity contribution in [1.29, 1.82) is 0 Å². The quantitative estimate of drug-likeness (QED) is 0.180. The first kappa shape index (κ1) is 24.0. The lowest BCUT2D eigenvalue weighted by molar-refractivity contribution is -0.132. The van der Waals surface area contributed by atoms with E-state index in [4.69, 9.17) is 16.3 Å². The van der Waals surface area contributed by atoms with Crippen molar-refractivity contribution in [3.63, 3.8) is 0 Å². The maximum atomic E-state index is 13.4. The maximum absolute atomic E-state index is 13.4.